The van der Waals surface area contributed by atoms with Crippen LogP contribution in [0.2, 0.25) is 0 Å². The summed E-state index contributed by atoms with van der Waals surface area (Å²) in [5.74, 6) is -0.867. The fraction of sp³-hybridized carbons (Fsp3) is 0.838. The number of hydrogen-bond donors (Lipinski definition) is 0. The second-order valence-electron chi connectivity index (χ2n) is 22.0. The van der Waals surface area contributed by atoms with Crippen molar-refractivity contribution < 1.29 is 28.6 Å². The van der Waals surface area contributed by atoms with E-state index in [4.69, 9.17) is 14.2 Å². The van der Waals surface area contributed by atoms with Gasteiger partial charge < -0.3 is 14.2 Å². The molecule has 0 N–H and O–H groups in total. The number of ether oxygens (including phenoxy) is 3. The molecule has 74 heavy (non-hydrogen) atoms. The molecule has 0 aliphatic carbocycles. The summed E-state index contributed by atoms with van der Waals surface area (Å²) in [4.78, 5) is 38.4. The van der Waals surface area contributed by atoms with Crippen LogP contribution in [-0.2, 0) is 28.6 Å². The molecule has 0 unspecified atom stereocenters. The SMILES string of the molecule is CCCCC/C=C\C/C=C\C/C=C\CCCCCCCCC(=O)OC[C@@H](COC(=O)CCCCCCCCCCCCCCCCCCCC)OC(=O)CCCCCCCCCCC/C=C\CCCCCCCC. The van der Waals surface area contributed by atoms with Crippen molar-refractivity contribution in [2.75, 3.05) is 13.2 Å². The number of carbonyl (C=O) groups excluding carboxylic acids is 3. The normalized spacial score (nSPS) is 12.3. The lowest BCUT2D eigenvalue weighted by molar-refractivity contribution is -0.167. The Morgan fingerprint density at radius 1 is 0.270 bits per heavy atom. The highest BCUT2D eigenvalue weighted by molar-refractivity contribution is 5.71. The second kappa shape index (κ2) is 62.9. The van der Waals surface area contributed by atoms with Gasteiger partial charge in [0.1, 0.15) is 13.2 Å². The average molecular weight is 1040 g/mol. The van der Waals surface area contributed by atoms with E-state index in [0.29, 0.717) is 19.3 Å². The Morgan fingerprint density at radius 2 is 0.486 bits per heavy atom. The minimum atomic E-state index is -0.779. The number of allylic oxidation sites excluding steroid dienone is 8. The third-order valence-corrected chi connectivity index (χ3v) is 14.6. The van der Waals surface area contributed by atoms with Gasteiger partial charge in [-0.25, -0.2) is 0 Å². The molecule has 0 aromatic carbocycles. The zero-order valence-corrected chi connectivity index (χ0v) is 49.6. The summed E-state index contributed by atoms with van der Waals surface area (Å²) in [6.07, 6.45) is 78.2. The Hall–Kier alpha value is -2.63. The Kier molecular flexibility index (Phi) is 60.7. The quantitative estimate of drug-likeness (QED) is 0.0261. The molecule has 0 radical (unpaired) electrons. The standard InChI is InChI=1S/C68H124O6/c1-4-7-10-13-16-19-22-25-28-31-34-37-40-43-46-49-52-55-58-61-67(70)73-64-65(63-72-66(69)60-57-54-51-48-45-42-39-36-33-30-27-24-21-18-15-12-9-6-3)74-68(71)62-59-56-53-50-47-44-41-38-35-32-29-26-23-20-17-14-11-8-5-2/h16,19,25-26,28-29,34,37,65H,4-15,17-18,20-24,27,30-33,35-36,38-64H2,1-3H3/b19-16-,28-25-,29-26-,37-34-/t65-/m1/s1. The third-order valence-electron chi connectivity index (χ3n) is 14.6. The van der Waals surface area contributed by atoms with E-state index in [0.717, 1.165) is 77.0 Å². The van der Waals surface area contributed by atoms with Crippen LogP contribution >= 0.6 is 0 Å². The molecule has 1 atom stereocenters. The maximum atomic E-state index is 12.9. The van der Waals surface area contributed by atoms with Crippen LogP contribution < -0.4 is 0 Å². The monoisotopic (exact) mass is 1040 g/mol. The number of carbonyl (C=O) groups is 3. The van der Waals surface area contributed by atoms with Crippen molar-refractivity contribution in [1.29, 1.82) is 0 Å². The number of hydrogen-bond acceptors (Lipinski definition) is 6. The molecule has 0 heterocycles. The second-order valence-corrected chi connectivity index (χ2v) is 22.0. The van der Waals surface area contributed by atoms with Crippen molar-refractivity contribution in [3.8, 4) is 0 Å². The molecule has 0 amide bonds. The van der Waals surface area contributed by atoms with Gasteiger partial charge in [0, 0.05) is 19.3 Å². The van der Waals surface area contributed by atoms with Crippen LogP contribution in [0.1, 0.15) is 348 Å². The van der Waals surface area contributed by atoms with E-state index in [2.05, 4.69) is 69.4 Å². The van der Waals surface area contributed by atoms with Crippen molar-refractivity contribution in [3.63, 3.8) is 0 Å². The highest BCUT2D eigenvalue weighted by Crippen LogP contribution is 2.17. The first-order valence-corrected chi connectivity index (χ1v) is 32.6. The van der Waals surface area contributed by atoms with Gasteiger partial charge in [-0.2, -0.15) is 0 Å². The predicted octanol–water partition coefficient (Wildman–Crippen LogP) is 22.2. The molecule has 6 nitrogen and oxygen atoms in total. The van der Waals surface area contributed by atoms with Crippen molar-refractivity contribution in [3.05, 3.63) is 48.6 Å². The number of esters is 3. The van der Waals surface area contributed by atoms with E-state index in [9.17, 15) is 14.4 Å². The van der Waals surface area contributed by atoms with E-state index in [1.807, 2.05) is 0 Å². The van der Waals surface area contributed by atoms with E-state index in [1.54, 1.807) is 0 Å². The molecule has 0 aliphatic heterocycles. The zero-order chi connectivity index (χ0) is 53.6. The lowest BCUT2D eigenvalue weighted by Crippen LogP contribution is -2.30. The third kappa shape index (κ3) is 60.2. The van der Waals surface area contributed by atoms with Gasteiger partial charge in [-0.05, 0) is 83.5 Å². The maximum Gasteiger partial charge on any atom is 0.306 e. The molecule has 0 saturated heterocycles. The Balaban J connectivity index is 4.37. The summed E-state index contributed by atoms with van der Waals surface area (Å²) >= 11 is 0. The summed E-state index contributed by atoms with van der Waals surface area (Å²) in [6.45, 7) is 6.66. The van der Waals surface area contributed by atoms with Crippen LogP contribution in [0.3, 0.4) is 0 Å². The predicted molar refractivity (Wildman–Crippen MR) is 321 cm³/mol. The van der Waals surface area contributed by atoms with Crippen LogP contribution in [0.25, 0.3) is 0 Å². The van der Waals surface area contributed by atoms with Gasteiger partial charge in [-0.3, -0.25) is 14.4 Å². The lowest BCUT2D eigenvalue weighted by atomic mass is 10.0. The van der Waals surface area contributed by atoms with Crippen molar-refractivity contribution in [2.45, 2.75) is 354 Å². The molecular weight excluding hydrogens is 913 g/mol. The van der Waals surface area contributed by atoms with Crippen LogP contribution in [0.15, 0.2) is 48.6 Å². The Bertz CT molecular complexity index is 1280. The van der Waals surface area contributed by atoms with Gasteiger partial charge in [-0.15, -0.1) is 0 Å². The number of rotatable bonds is 60. The minimum Gasteiger partial charge on any atom is -0.462 e. The number of unbranched alkanes of at least 4 members (excludes halogenated alkanes) is 41. The fourth-order valence-corrected chi connectivity index (χ4v) is 9.62. The summed E-state index contributed by atoms with van der Waals surface area (Å²) in [5, 5.41) is 0. The van der Waals surface area contributed by atoms with Crippen molar-refractivity contribution >= 4 is 17.9 Å². The van der Waals surface area contributed by atoms with E-state index < -0.39 is 6.10 Å². The summed E-state index contributed by atoms with van der Waals surface area (Å²) < 4.78 is 17.0. The molecule has 0 fully saturated rings. The zero-order valence-electron chi connectivity index (χ0n) is 49.6. The van der Waals surface area contributed by atoms with E-state index in [-0.39, 0.29) is 31.1 Å². The first kappa shape index (κ1) is 71.4. The van der Waals surface area contributed by atoms with Crippen LogP contribution in [-0.4, -0.2) is 37.2 Å². The van der Waals surface area contributed by atoms with Gasteiger partial charge in [0.15, 0.2) is 6.10 Å². The molecule has 0 aliphatic rings. The maximum absolute atomic E-state index is 12.9. The topological polar surface area (TPSA) is 78.9 Å². The van der Waals surface area contributed by atoms with E-state index >= 15 is 0 Å². The van der Waals surface area contributed by atoms with Crippen LogP contribution in [0.5, 0.6) is 0 Å². The van der Waals surface area contributed by atoms with Crippen molar-refractivity contribution in [2.24, 2.45) is 0 Å². The van der Waals surface area contributed by atoms with Crippen molar-refractivity contribution in [1.82, 2.24) is 0 Å². The smallest absolute Gasteiger partial charge is 0.306 e. The summed E-state index contributed by atoms with van der Waals surface area (Å²) in [6, 6.07) is 0. The molecule has 6 heteroatoms. The molecule has 0 aromatic heterocycles. The Labute approximate surface area is 460 Å². The summed E-state index contributed by atoms with van der Waals surface area (Å²) in [5.41, 5.74) is 0. The van der Waals surface area contributed by atoms with Gasteiger partial charge in [0.2, 0.25) is 0 Å². The van der Waals surface area contributed by atoms with Gasteiger partial charge in [-0.1, -0.05) is 294 Å². The lowest BCUT2D eigenvalue weighted by Gasteiger charge is -2.18. The fourth-order valence-electron chi connectivity index (χ4n) is 9.62. The van der Waals surface area contributed by atoms with E-state index in [1.165, 1.54) is 231 Å². The molecular formula is C68H124O6. The molecule has 0 spiro atoms. The first-order valence-electron chi connectivity index (χ1n) is 32.6. The van der Waals surface area contributed by atoms with Gasteiger partial charge in [0.05, 0.1) is 0 Å². The molecule has 0 saturated carbocycles. The molecule has 432 valence electrons. The molecule has 0 rings (SSSR count). The highest BCUT2D eigenvalue weighted by atomic mass is 16.6. The average Bonchev–Trinajstić information content (AvgIpc) is 3.40. The van der Waals surface area contributed by atoms with Crippen LogP contribution in [0, 0.1) is 0 Å². The van der Waals surface area contributed by atoms with Gasteiger partial charge in [0.25, 0.3) is 0 Å². The summed E-state index contributed by atoms with van der Waals surface area (Å²) in [7, 11) is 0. The highest BCUT2D eigenvalue weighted by Gasteiger charge is 2.19. The van der Waals surface area contributed by atoms with Gasteiger partial charge >= 0.3 is 17.9 Å². The largest absolute Gasteiger partial charge is 0.462 e. The minimum absolute atomic E-state index is 0.0743. The first-order chi connectivity index (χ1) is 36.5. The molecule has 0 aromatic rings. The molecule has 0 bridgehead atoms. The Morgan fingerprint density at radius 3 is 0.797 bits per heavy atom. The van der Waals surface area contributed by atoms with Crippen LogP contribution in [0.4, 0.5) is 0 Å².